The van der Waals surface area contributed by atoms with Crippen LogP contribution >= 0.6 is 11.6 Å². The van der Waals surface area contributed by atoms with Gasteiger partial charge in [-0.1, -0.05) is 23.7 Å². The van der Waals surface area contributed by atoms with E-state index < -0.39 is 0 Å². The number of hydrogen-bond donors (Lipinski definition) is 1. The molecular formula is C13H18ClNO. The summed E-state index contributed by atoms with van der Waals surface area (Å²) in [5.74, 6) is 0. The summed E-state index contributed by atoms with van der Waals surface area (Å²) < 4.78 is 0. The van der Waals surface area contributed by atoms with Gasteiger partial charge in [0.1, 0.15) is 0 Å². The Morgan fingerprint density at radius 1 is 1.50 bits per heavy atom. The van der Waals surface area contributed by atoms with Gasteiger partial charge in [-0.15, -0.1) is 0 Å². The maximum Gasteiger partial charge on any atom is 0.0587 e. The number of halogens is 1. The lowest BCUT2D eigenvalue weighted by Gasteiger charge is -2.23. The first kappa shape index (κ1) is 11.9. The van der Waals surface area contributed by atoms with Gasteiger partial charge in [0, 0.05) is 17.6 Å². The Hall–Kier alpha value is -0.570. The summed E-state index contributed by atoms with van der Waals surface area (Å²) in [6.07, 6.45) is 2.27. The third-order valence-corrected chi connectivity index (χ3v) is 3.64. The van der Waals surface area contributed by atoms with E-state index in [0.29, 0.717) is 6.04 Å². The van der Waals surface area contributed by atoms with Gasteiger partial charge in [-0.05, 0) is 43.5 Å². The number of rotatable bonds is 3. The van der Waals surface area contributed by atoms with Crippen LogP contribution in [0.3, 0.4) is 0 Å². The van der Waals surface area contributed by atoms with Crippen molar-refractivity contribution in [2.45, 2.75) is 32.4 Å². The summed E-state index contributed by atoms with van der Waals surface area (Å²) in [5, 5.41) is 10.1. The van der Waals surface area contributed by atoms with Gasteiger partial charge < -0.3 is 5.11 Å². The molecular weight excluding hydrogens is 222 g/mol. The van der Waals surface area contributed by atoms with Gasteiger partial charge in [0.25, 0.3) is 0 Å². The second-order valence-electron chi connectivity index (χ2n) is 4.54. The van der Waals surface area contributed by atoms with Crippen molar-refractivity contribution in [2.24, 2.45) is 0 Å². The monoisotopic (exact) mass is 239 g/mol. The maximum atomic E-state index is 9.25. The Labute approximate surface area is 102 Å². The predicted octanol–water partition coefficient (Wildman–Crippen LogP) is 2.61. The molecule has 0 spiro atoms. The number of aryl methyl sites for hydroxylation is 1. The van der Waals surface area contributed by atoms with E-state index in [9.17, 15) is 5.11 Å². The number of aliphatic hydroxyl groups is 1. The van der Waals surface area contributed by atoms with Crippen LogP contribution in [-0.2, 0) is 6.54 Å². The van der Waals surface area contributed by atoms with Gasteiger partial charge in [-0.3, -0.25) is 4.90 Å². The molecule has 3 heteroatoms. The fourth-order valence-electron chi connectivity index (χ4n) is 2.31. The van der Waals surface area contributed by atoms with Gasteiger partial charge in [0.05, 0.1) is 6.61 Å². The normalized spacial score (nSPS) is 21.6. The Morgan fingerprint density at radius 2 is 2.31 bits per heavy atom. The van der Waals surface area contributed by atoms with Crippen LogP contribution in [0.5, 0.6) is 0 Å². The van der Waals surface area contributed by atoms with E-state index in [-0.39, 0.29) is 6.61 Å². The van der Waals surface area contributed by atoms with Gasteiger partial charge in [-0.25, -0.2) is 0 Å². The molecule has 1 atom stereocenters. The molecule has 1 aliphatic heterocycles. The Morgan fingerprint density at radius 3 is 3.00 bits per heavy atom. The van der Waals surface area contributed by atoms with Crippen LogP contribution in [0.1, 0.15) is 24.0 Å². The van der Waals surface area contributed by atoms with Gasteiger partial charge in [-0.2, -0.15) is 0 Å². The third kappa shape index (κ3) is 2.57. The number of benzene rings is 1. The topological polar surface area (TPSA) is 23.5 Å². The molecule has 1 fully saturated rings. The Balaban J connectivity index is 2.08. The number of likely N-dealkylation sites (tertiary alicyclic amines) is 1. The Bertz CT molecular complexity index is 367. The zero-order chi connectivity index (χ0) is 11.5. The van der Waals surface area contributed by atoms with E-state index in [2.05, 4.69) is 17.0 Å². The van der Waals surface area contributed by atoms with Crippen LogP contribution in [0.25, 0.3) is 0 Å². The molecule has 0 saturated carbocycles. The number of nitrogens with zero attached hydrogens (tertiary/aromatic N) is 1. The summed E-state index contributed by atoms with van der Waals surface area (Å²) in [6.45, 7) is 4.21. The molecule has 0 aromatic heterocycles. The SMILES string of the molecule is Cc1ccc(CN2CCC[C@@H]2CO)c(Cl)c1. The first-order valence-corrected chi connectivity index (χ1v) is 6.18. The Kier molecular flexibility index (Phi) is 3.85. The molecule has 0 radical (unpaired) electrons. The standard InChI is InChI=1S/C13H18ClNO/c1-10-4-5-11(13(14)7-10)8-15-6-2-3-12(15)9-16/h4-5,7,12,16H,2-3,6,8-9H2,1H3/t12-/m1/s1. The highest BCUT2D eigenvalue weighted by Crippen LogP contribution is 2.24. The lowest BCUT2D eigenvalue weighted by atomic mass is 10.1. The largest absolute Gasteiger partial charge is 0.395 e. The first-order valence-electron chi connectivity index (χ1n) is 5.80. The molecule has 16 heavy (non-hydrogen) atoms. The maximum absolute atomic E-state index is 9.25. The molecule has 0 aliphatic carbocycles. The summed E-state index contributed by atoms with van der Waals surface area (Å²) in [5.41, 5.74) is 2.35. The highest BCUT2D eigenvalue weighted by molar-refractivity contribution is 6.31. The molecule has 1 N–H and O–H groups in total. The van der Waals surface area contributed by atoms with Crippen LogP contribution in [0, 0.1) is 6.92 Å². The zero-order valence-corrected chi connectivity index (χ0v) is 10.4. The summed E-state index contributed by atoms with van der Waals surface area (Å²) in [7, 11) is 0. The van der Waals surface area contributed by atoms with E-state index in [1.807, 2.05) is 13.0 Å². The third-order valence-electron chi connectivity index (χ3n) is 3.29. The zero-order valence-electron chi connectivity index (χ0n) is 9.62. The van der Waals surface area contributed by atoms with Crippen LogP contribution < -0.4 is 0 Å². The average Bonchev–Trinajstić information content (AvgIpc) is 2.69. The average molecular weight is 240 g/mol. The molecule has 1 aliphatic rings. The minimum atomic E-state index is 0.253. The summed E-state index contributed by atoms with van der Waals surface area (Å²) in [4.78, 5) is 2.32. The number of aliphatic hydroxyl groups excluding tert-OH is 1. The molecule has 2 nitrogen and oxygen atoms in total. The molecule has 0 bridgehead atoms. The fraction of sp³-hybridized carbons (Fsp3) is 0.538. The molecule has 0 unspecified atom stereocenters. The van der Waals surface area contributed by atoms with Crippen LogP contribution in [0.15, 0.2) is 18.2 Å². The van der Waals surface area contributed by atoms with Gasteiger partial charge in [0.2, 0.25) is 0 Å². The van der Waals surface area contributed by atoms with Crippen LogP contribution in [-0.4, -0.2) is 29.2 Å². The molecule has 1 aromatic rings. The highest BCUT2D eigenvalue weighted by Gasteiger charge is 2.23. The molecule has 1 aromatic carbocycles. The minimum Gasteiger partial charge on any atom is -0.395 e. The van der Waals surface area contributed by atoms with Crippen molar-refractivity contribution in [1.29, 1.82) is 0 Å². The molecule has 0 amide bonds. The number of hydrogen-bond acceptors (Lipinski definition) is 2. The minimum absolute atomic E-state index is 0.253. The first-order chi connectivity index (χ1) is 7.70. The van der Waals surface area contributed by atoms with E-state index in [0.717, 1.165) is 30.1 Å². The van der Waals surface area contributed by atoms with Gasteiger partial charge >= 0.3 is 0 Å². The smallest absolute Gasteiger partial charge is 0.0587 e. The molecule has 1 saturated heterocycles. The molecule has 1 heterocycles. The highest BCUT2D eigenvalue weighted by atomic mass is 35.5. The van der Waals surface area contributed by atoms with Crippen molar-refractivity contribution >= 4 is 11.6 Å². The van der Waals surface area contributed by atoms with Crippen molar-refractivity contribution in [2.75, 3.05) is 13.2 Å². The van der Waals surface area contributed by atoms with Gasteiger partial charge in [0.15, 0.2) is 0 Å². The molecule has 88 valence electrons. The predicted molar refractivity (Wildman–Crippen MR) is 66.7 cm³/mol. The van der Waals surface area contributed by atoms with Crippen molar-refractivity contribution < 1.29 is 5.11 Å². The van der Waals surface area contributed by atoms with Crippen LogP contribution in [0.4, 0.5) is 0 Å². The van der Waals surface area contributed by atoms with Crippen molar-refractivity contribution in [3.05, 3.63) is 34.3 Å². The van der Waals surface area contributed by atoms with Crippen molar-refractivity contribution in [1.82, 2.24) is 4.90 Å². The van der Waals surface area contributed by atoms with Crippen molar-refractivity contribution in [3.63, 3.8) is 0 Å². The molecule has 2 rings (SSSR count). The summed E-state index contributed by atoms with van der Waals surface area (Å²) >= 11 is 6.21. The van der Waals surface area contributed by atoms with E-state index in [4.69, 9.17) is 11.6 Å². The van der Waals surface area contributed by atoms with E-state index in [1.165, 1.54) is 12.0 Å². The van der Waals surface area contributed by atoms with Crippen molar-refractivity contribution in [3.8, 4) is 0 Å². The quantitative estimate of drug-likeness (QED) is 0.877. The lowest BCUT2D eigenvalue weighted by molar-refractivity contribution is 0.153. The second-order valence-corrected chi connectivity index (χ2v) is 4.95. The second kappa shape index (κ2) is 5.17. The lowest BCUT2D eigenvalue weighted by Crippen LogP contribution is -2.31. The van der Waals surface area contributed by atoms with E-state index >= 15 is 0 Å². The van der Waals surface area contributed by atoms with E-state index in [1.54, 1.807) is 0 Å². The van der Waals surface area contributed by atoms with Crippen LogP contribution in [0.2, 0.25) is 5.02 Å². The fourth-order valence-corrected chi connectivity index (χ4v) is 2.60. The summed E-state index contributed by atoms with van der Waals surface area (Å²) in [6, 6.07) is 6.49.